The van der Waals surface area contributed by atoms with E-state index in [1.165, 1.54) is 0 Å². The number of nitrogens with one attached hydrogen (secondary N) is 2. The number of aromatic nitrogens is 2. The summed E-state index contributed by atoms with van der Waals surface area (Å²) in [5, 5.41) is 15.0. The molecule has 2 aromatic heterocycles. The number of aryl methyl sites for hydroxylation is 1. The molecule has 3 rings (SSSR count). The topological polar surface area (TPSA) is 113 Å². The number of imidazole rings is 1. The maximum absolute atomic E-state index is 12.9. The molecule has 3 atom stereocenters. The first-order valence-corrected chi connectivity index (χ1v) is 10.2. The monoisotopic (exact) mass is 400 g/mol. The van der Waals surface area contributed by atoms with Crippen LogP contribution in [0, 0.1) is 12.8 Å². The van der Waals surface area contributed by atoms with Gasteiger partial charge in [0.1, 0.15) is 11.7 Å². The van der Waals surface area contributed by atoms with Crippen LogP contribution >= 0.6 is 0 Å². The number of pyridine rings is 1. The first-order valence-electron chi connectivity index (χ1n) is 10.2. The number of unbranched alkanes of at least 4 members (excludes halogenated alkanes) is 1. The summed E-state index contributed by atoms with van der Waals surface area (Å²) in [6, 6.07) is 2.34. The molecule has 8 nitrogen and oxygen atoms in total. The van der Waals surface area contributed by atoms with Crippen LogP contribution < -0.4 is 10.6 Å². The number of carboxylic acids is 1. The van der Waals surface area contributed by atoms with Crippen LogP contribution in [0.5, 0.6) is 0 Å². The van der Waals surface area contributed by atoms with E-state index in [-0.39, 0.29) is 17.9 Å². The lowest BCUT2D eigenvalue weighted by atomic mass is 10.0. The number of aliphatic carboxylic acids is 1. The second kappa shape index (κ2) is 9.07. The van der Waals surface area contributed by atoms with Crippen molar-refractivity contribution in [1.29, 1.82) is 0 Å². The molecule has 2 amide bonds. The number of carbonyl (C=O) groups is 3. The molecule has 29 heavy (non-hydrogen) atoms. The highest BCUT2D eigenvalue weighted by atomic mass is 16.4. The van der Waals surface area contributed by atoms with Gasteiger partial charge in [0.2, 0.25) is 5.91 Å². The lowest BCUT2D eigenvalue weighted by molar-refractivity contribution is -0.142. The Morgan fingerprint density at radius 2 is 2.14 bits per heavy atom. The lowest BCUT2D eigenvalue weighted by Gasteiger charge is -2.23. The van der Waals surface area contributed by atoms with Gasteiger partial charge in [-0.2, -0.15) is 0 Å². The zero-order chi connectivity index (χ0) is 21.0. The van der Waals surface area contributed by atoms with E-state index in [1.807, 2.05) is 26.2 Å². The Hall–Kier alpha value is -2.90. The van der Waals surface area contributed by atoms with Crippen LogP contribution in [-0.4, -0.2) is 44.4 Å². The van der Waals surface area contributed by atoms with Gasteiger partial charge in [-0.3, -0.25) is 14.4 Å². The average Bonchev–Trinajstić information content (AvgIpc) is 3.29. The highest BCUT2D eigenvalue weighted by Gasteiger charge is 2.35. The molecule has 0 unspecified atom stereocenters. The van der Waals surface area contributed by atoms with Crippen molar-refractivity contribution >= 4 is 23.4 Å². The van der Waals surface area contributed by atoms with Crippen molar-refractivity contribution in [1.82, 2.24) is 20.0 Å². The van der Waals surface area contributed by atoms with Gasteiger partial charge in [-0.1, -0.05) is 26.2 Å². The van der Waals surface area contributed by atoms with E-state index >= 15 is 0 Å². The first kappa shape index (κ1) is 20.8. The Morgan fingerprint density at radius 3 is 2.86 bits per heavy atom. The molecule has 0 bridgehead atoms. The molecule has 8 heteroatoms. The summed E-state index contributed by atoms with van der Waals surface area (Å²) < 4.78 is 1.78. The largest absolute Gasteiger partial charge is 0.481 e. The molecule has 0 saturated heterocycles. The fourth-order valence-corrected chi connectivity index (χ4v) is 3.94. The quantitative estimate of drug-likeness (QED) is 0.629. The molecule has 0 spiro atoms. The Morgan fingerprint density at radius 1 is 1.34 bits per heavy atom. The van der Waals surface area contributed by atoms with Crippen molar-refractivity contribution in [2.24, 2.45) is 5.92 Å². The van der Waals surface area contributed by atoms with Crippen molar-refractivity contribution in [3.8, 4) is 0 Å². The van der Waals surface area contributed by atoms with Crippen molar-refractivity contribution in [3.05, 3.63) is 35.8 Å². The number of carbonyl (C=O) groups excluding carboxylic acids is 2. The van der Waals surface area contributed by atoms with Gasteiger partial charge in [0.15, 0.2) is 0 Å². The summed E-state index contributed by atoms with van der Waals surface area (Å²) >= 11 is 0. The highest BCUT2D eigenvalue weighted by molar-refractivity contribution is 6.02. The minimum atomic E-state index is -0.886. The number of amides is 2. The molecule has 156 valence electrons. The van der Waals surface area contributed by atoms with Crippen LogP contribution in [0.4, 0.5) is 0 Å². The third kappa shape index (κ3) is 4.75. The maximum atomic E-state index is 12.9. The highest BCUT2D eigenvalue weighted by Crippen LogP contribution is 2.26. The molecule has 1 aliphatic rings. The van der Waals surface area contributed by atoms with Crippen LogP contribution in [0.2, 0.25) is 0 Å². The molecule has 0 aromatic carbocycles. The van der Waals surface area contributed by atoms with Gasteiger partial charge in [-0.05, 0) is 38.3 Å². The maximum Gasteiger partial charge on any atom is 0.308 e. The summed E-state index contributed by atoms with van der Waals surface area (Å²) in [6.07, 6.45) is 7.79. The van der Waals surface area contributed by atoms with Gasteiger partial charge < -0.3 is 20.1 Å². The Bertz CT molecular complexity index is 907. The van der Waals surface area contributed by atoms with E-state index in [0.717, 1.165) is 25.0 Å². The van der Waals surface area contributed by atoms with Crippen LogP contribution in [-0.2, 0) is 9.59 Å². The van der Waals surface area contributed by atoms with E-state index in [2.05, 4.69) is 15.6 Å². The summed E-state index contributed by atoms with van der Waals surface area (Å²) in [4.78, 5) is 41.6. The number of hydrogen-bond donors (Lipinski definition) is 3. The molecule has 1 fully saturated rings. The van der Waals surface area contributed by atoms with Crippen LogP contribution in [0.3, 0.4) is 0 Å². The SMILES string of the molecule is CCCC[C@H](NC(=O)c1cccn2cc(C)nc12)C(=O)N[C@H]1CCC[C@H]1C(=O)O. The molecule has 2 heterocycles. The predicted octanol–water partition coefficient (Wildman–Crippen LogP) is 2.30. The molecule has 0 aliphatic heterocycles. The molecular formula is C21H28N4O4. The fraction of sp³-hybridized carbons (Fsp3) is 0.524. The molecule has 1 aliphatic carbocycles. The number of carboxylic acid groups (broad SMARTS) is 1. The zero-order valence-corrected chi connectivity index (χ0v) is 16.9. The minimum Gasteiger partial charge on any atom is -0.481 e. The Balaban J connectivity index is 1.74. The average molecular weight is 400 g/mol. The summed E-state index contributed by atoms with van der Waals surface area (Å²) in [5.74, 6) is -2.14. The van der Waals surface area contributed by atoms with Crippen molar-refractivity contribution < 1.29 is 19.5 Å². The Labute approximate surface area is 169 Å². The minimum absolute atomic E-state index is 0.323. The lowest BCUT2D eigenvalue weighted by Crippen LogP contribution is -2.51. The number of nitrogens with zero attached hydrogens (tertiary/aromatic N) is 2. The van der Waals surface area contributed by atoms with Crippen molar-refractivity contribution in [2.75, 3.05) is 0 Å². The van der Waals surface area contributed by atoms with E-state index in [1.54, 1.807) is 16.5 Å². The van der Waals surface area contributed by atoms with E-state index < -0.39 is 17.9 Å². The molecule has 1 saturated carbocycles. The Kier molecular flexibility index (Phi) is 6.51. The van der Waals surface area contributed by atoms with E-state index in [4.69, 9.17) is 0 Å². The third-order valence-electron chi connectivity index (χ3n) is 5.48. The second-order valence-corrected chi connectivity index (χ2v) is 7.69. The smallest absolute Gasteiger partial charge is 0.308 e. The van der Waals surface area contributed by atoms with Crippen LogP contribution in [0.1, 0.15) is 61.5 Å². The standard InChI is InChI=1S/C21H28N4O4/c1-3-4-9-17(20(27)23-16-10-5-7-14(16)21(28)29)24-19(26)15-8-6-11-25-12-13(2)22-18(15)25/h6,8,11-12,14,16-17H,3-5,7,9-10H2,1-2H3,(H,23,27)(H,24,26)(H,28,29)/t14-,16+,17+/m1/s1. The van der Waals surface area contributed by atoms with Gasteiger partial charge in [-0.15, -0.1) is 0 Å². The predicted molar refractivity (Wildman–Crippen MR) is 108 cm³/mol. The summed E-state index contributed by atoms with van der Waals surface area (Å²) in [5.41, 5.74) is 1.74. The summed E-state index contributed by atoms with van der Waals surface area (Å²) in [6.45, 7) is 3.87. The third-order valence-corrected chi connectivity index (χ3v) is 5.48. The molecule has 3 N–H and O–H groups in total. The molecular weight excluding hydrogens is 372 g/mol. The van der Waals surface area contributed by atoms with Gasteiger partial charge in [0.25, 0.3) is 5.91 Å². The van der Waals surface area contributed by atoms with Crippen LogP contribution in [0.15, 0.2) is 24.5 Å². The van der Waals surface area contributed by atoms with Gasteiger partial charge in [0, 0.05) is 18.4 Å². The number of rotatable bonds is 8. The first-order chi connectivity index (χ1) is 13.9. The van der Waals surface area contributed by atoms with E-state index in [9.17, 15) is 19.5 Å². The van der Waals surface area contributed by atoms with Gasteiger partial charge in [-0.25, -0.2) is 4.98 Å². The molecule has 2 aromatic rings. The zero-order valence-electron chi connectivity index (χ0n) is 16.9. The van der Waals surface area contributed by atoms with Gasteiger partial charge in [0.05, 0.1) is 17.2 Å². The van der Waals surface area contributed by atoms with Crippen LogP contribution in [0.25, 0.3) is 5.65 Å². The van der Waals surface area contributed by atoms with E-state index in [0.29, 0.717) is 30.5 Å². The summed E-state index contributed by atoms with van der Waals surface area (Å²) in [7, 11) is 0. The second-order valence-electron chi connectivity index (χ2n) is 7.69. The fourth-order valence-electron chi connectivity index (χ4n) is 3.94. The van der Waals surface area contributed by atoms with Crippen molar-refractivity contribution in [3.63, 3.8) is 0 Å². The normalized spacial score (nSPS) is 19.8. The van der Waals surface area contributed by atoms with Crippen molar-refractivity contribution in [2.45, 2.75) is 64.5 Å². The molecule has 0 radical (unpaired) electrons. The number of fused-ring (bicyclic) bond motifs is 1. The van der Waals surface area contributed by atoms with Gasteiger partial charge >= 0.3 is 5.97 Å². The number of hydrogen-bond acceptors (Lipinski definition) is 4.